The van der Waals surface area contributed by atoms with Gasteiger partial charge in [0.25, 0.3) is 11.8 Å². The predicted octanol–water partition coefficient (Wildman–Crippen LogP) is -0.338. The fraction of sp³-hybridized carbons (Fsp3) is 0.636. The van der Waals surface area contributed by atoms with Crippen LogP contribution >= 0.6 is 0 Å². The van der Waals surface area contributed by atoms with Crippen molar-refractivity contribution in [3.8, 4) is 0 Å². The minimum Gasteiger partial charge on any atom is -0.392 e. The second-order valence-corrected chi connectivity index (χ2v) is 4.07. The molecule has 1 rings (SSSR count). The van der Waals surface area contributed by atoms with Gasteiger partial charge in [0.1, 0.15) is 0 Å². The fourth-order valence-electron chi connectivity index (χ4n) is 1.52. The average Bonchev–Trinajstić information content (AvgIpc) is 2.40. The Morgan fingerprint density at radius 2 is 1.75 bits per heavy atom. The molecule has 1 atom stereocenters. The van der Waals surface area contributed by atoms with Crippen molar-refractivity contribution in [3.63, 3.8) is 0 Å². The molecule has 16 heavy (non-hydrogen) atoms. The van der Waals surface area contributed by atoms with E-state index >= 15 is 0 Å². The third-order valence-electron chi connectivity index (χ3n) is 2.65. The van der Waals surface area contributed by atoms with Gasteiger partial charge in [0.15, 0.2) is 0 Å². The number of carbonyl (C=O) groups is 2. The summed E-state index contributed by atoms with van der Waals surface area (Å²) in [6.45, 7) is 6.32. The van der Waals surface area contributed by atoms with E-state index in [0.717, 1.165) is 0 Å². The van der Waals surface area contributed by atoms with Crippen molar-refractivity contribution in [2.45, 2.75) is 26.9 Å². The lowest BCUT2D eigenvalue weighted by Gasteiger charge is -2.15. The van der Waals surface area contributed by atoms with E-state index in [0.29, 0.717) is 30.8 Å². The largest absolute Gasteiger partial charge is 0.392 e. The molecule has 0 saturated heterocycles. The van der Waals surface area contributed by atoms with Crippen LogP contribution in [0.5, 0.6) is 0 Å². The Labute approximate surface area is 95.1 Å². The number of amides is 2. The van der Waals surface area contributed by atoms with Gasteiger partial charge >= 0.3 is 0 Å². The Bertz CT molecular complexity index is 310. The Hall–Kier alpha value is -1.20. The van der Waals surface area contributed by atoms with Gasteiger partial charge in [-0.2, -0.15) is 0 Å². The van der Waals surface area contributed by atoms with Crippen LogP contribution in [0.25, 0.3) is 0 Å². The molecular weight excluding hydrogens is 208 g/mol. The normalized spacial score (nSPS) is 18.6. The Kier molecular flexibility index (Phi) is 4.20. The van der Waals surface area contributed by atoms with E-state index < -0.39 is 6.10 Å². The van der Waals surface area contributed by atoms with Gasteiger partial charge < -0.3 is 10.4 Å². The maximum Gasteiger partial charge on any atom is 0.256 e. The number of imide groups is 1. The molecule has 0 aromatic carbocycles. The van der Waals surface area contributed by atoms with E-state index in [-0.39, 0.29) is 11.8 Å². The third-order valence-corrected chi connectivity index (χ3v) is 2.65. The summed E-state index contributed by atoms with van der Waals surface area (Å²) in [7, 11) is 0. The minimum absolute atomic E-state index is 0.207. The first-order valence-corrected chi connectivity index (χ1v) is 5.37. The first kappa shape index (κ1) is 12.9. The Balaban J connectivity index is 2.41. The quantitative estimate of drug-likeness (QED) is 0.497. The molecule has 5 nitrogen and oxygen atoms in total. The molecule has 2 N–H and O–H groups in total. The lowest BCUT2D eigenvalue weighted by molar-refractivity contribution is -0.137. The van der Waals surface area contributed by atoms with Crippen LogP contribution in [0.3, 0.4) is 0 Å². The van der Waals surface area contributed by atoms with Crippen LogP contribution in [0.1, 0.15) is 20.8 Å². The van der Waals surface area contributed by atoms with E-state index in [1.165, 1.54) is 4.90 Å². The number of hydrogen-bond acceptors (Lipinski definition) is 4. The van der Waals surface area contributed by atoms with Crippen molar-refractivity contribution in [1.29, 1.82) is 0 Å². The topological polar surface area (TPSA) is 69.6 Å². The van der Waals surface area contributed by atoms with E-state index in [9.17, 15) is 9.59 Å². The van der Waals surface area contributed by atoms with Crippen molar-refractivity contribution in [1.82, 2.24) is 10.2 Å². The van der Waals surface area contributed by atoms with E-state index in [2.05, 4.69) is 5.32 Å². The molecule has 5 heteroatoms. The molecule has 0 spiro atoms. The van der Waals surface area contributed by atoms with Crippen LogP contribution in [0.4, 0.5) is 0 Å². The SMILES string of the molecule is CC1=C(C)C(=O)N(CCNCC(C)O)C1=O. The zero-order chi connectivity index (χ0) is 12.3. The number of nitrogens with zero attached hydrogens (tertiary/aromatic N) is 1. The predicted molar refractivity (Wildman–Crippen MR) is 59.6 cm³/mol. The van der Waals surface area contributed by atoms with Crippen LogP contribution in [0, 0.1) is 0 Å². The minimum atomic E-state index is -0.424. The van der Waals surface area contributed by atoms with Crippen molar-refractivity contribution in [3.05, 3.63) is 11.1 Å². The lowest BCUT2D eigenvalue weighted by Crippen LogP contribution is -2.38. The summed E-state index contributed by atoms with van der Waals surface area (Å²) in [6, 6.07) is 0. The maximum absolute atomic E-state index is 11.6. The summed E-state index contributed by atoms with van der Waals surface area (Å²) in [5.74, 6) is -0.414. The zero-order valence-electron chi connectivity index (χ0n) is 9.91. The van der Waals surface area contributed by atoms with Gasteiger partial charge in [0.2, 0.25) is 0 Å². The molecule has 0 saturated carbocycles. The molecule has 2 amide bonds. The second kappa shape index (κ2) is 5.23. The number of carbonyl (C=O) groups excluding carboxylic acids is 2. The summed E-state index contributed by atoms with van der Waals surface area (Å²) in [5.41, 5.74) is 1.06. The first-order valence-electron chi connectivity index (χ1n) is 5.37. The number of rotatable bonds is 5. The standard InChI is InChI=1S/C11H18N2O3/c1-7(14)6-12-4-5-13-10(15)8(2)9(3)11(13)16/h7,12,14H,4-6H2,1-3H3. The molecule has 0 fully saturated rings. The van der Waals surface area contributed by atoms with Gasteiger partial charge in [-0.1, -0.05) is 0 Å². The number of aliphatic hydroxyl groups excluding tert-OH is 1. The summed E-state index contributed by atoms with van der Waals surface area (Å²) in [5, 5.41) is 12.0. The molecule has 0 bridgehead atoms. The maximum atomic E-state index is 11.6. The van der Waals surface area contributed by atoms with E-state index in [1.54, 1.807) is 20.8 Å². The van der Waals surface area contributed by atoms with Gasteiger partial charge in [-0.05, 0) is 20.8 Å². The van der Waals surface area contributed by atoms with Crippen LogP contribution < -0.4 is 5.32 Å². The smallest absolute Gasteiger partial charge is 0.256 e. The molecule has 0 aromatic rings. The van der Waals surface area contributed by atoms with E-state index in [1.807, 2.05) is 0 Å². The van der Waals surface area contributed by atoms with E-state index in [4.69, 9.17) is 5.11 Å². The number of hydrogen-bond donors (Lipinski definition) is 2. The summed E-state index contributed by atoms with van der Waals surface area (Å²) >= 11 is 0. The molecule has 1 aliphatic rings. The average molecular weight is 226 g/mol. The zero-order valence-corrected chi connectivity index (χ0v) is 9.91. The van der Waals surface area contributed by atoms with Crippen LogP contribution in [0.15, 0.2) is 11.1 Å². The van der Waals surface area contributed by atoms with Crippen LogP contribution in [0.2, 0.25) is 0 Å². The molecule has 1 unspecified atom stereocenters. The van der Waals surface area contributed by atoms with Gasteiger partial charge in [-0.15, -0.1) is 0 Å². The fourth-order valence-corrected chi connectivity index (χ4v) is 1.52. The van der Waals surface area contributed by atoms with Crippen LogP contribution in [-0.4, -0.2) is 47.6 Å². The lowest BCUT2D eigenvalue weighted by atomic mass is 10.2. The Morgan fingerprint density at radius 1 is 1.25 bits per heavy atom. The van der Waals surface area contributed by atoms with Crippen molar-refractivity contribution in [2.75, 3.05) is 19.6 Å². The molecular formula is C11H18N2O3. The van der Waals surface area contributed by atoms with Crippen LogP contribution in [-0.2, 0) is 9.59 Å². The molecule has 1 aliphatic heterocycles. The highest BCUT2D eigenvalue weighted by molar-refractivity contribution is 6.18. The third kappa shape index (κ3) is 2.68. The van der Waals surface area contributed by atoms with Gasteiger partial charge in [-0.3, -0.25) is 14.5 Å². The number of aliphatic hydroxyl groups is 1. The second-order valence-electron chi connectivity index (χ2n) is 4.07. The van der Waals surface area contributed by atoms with Crippen molar-refractivity contribution < 1.29 is 14.7 Å². The highest BCUT2D eigenvalue weighted by Gasteiger charge is 2.32. The summed E-state index contributed by atoms with van der Waals surface area (Å²) in [6.07, 6.45) is -0.424. The Morgan fingerprint density at radius 3 is 2.19 bits per heavy atom. The first-order chi connectivity index (χ1) is 7.45. The van der Waals surface area contributed by atoms with Gasteiger partial charge in [0.05, 0.1) is 6.10 Å². The molecule has 90 valence electrons. The molecule has 0 radical (unpaired) electrons. The van der Waals surface area contributed by atoms with Crippen molar-refractivity contribution in [2.24, 2.45) is 0 Å². The monoisotopic (exact) mass is 226 g/mol. The molecule has 0 aliphatic carbocycles. The number of nitrogens with one attached hydrogen (secondary N) is 1. The molecule has 1 heterocycles. The summed E-state index contributed by atoms with van der Waals surface area (Å²) in [4.78, 5) is 24.5. The van der Waals surface area contributed by atoms with Crippen molar-refractivity contribution >= 4 is 11.8 Å². The van der Waals surface area contributed by atoms with Gasteiger partial charge in [0, 0.05) is 30.8 Å². The van der Waals surface area contributed by atoms with Gasteiger partial charge in [-0.25, -0.2) is 0 Å². The molecule has 0 aromatic heterocycles. The highest BCUT2D eigenvalue weighted by atomic mass is 16.3. The highest BCUT2D eigenvalue weighted by Crippen LogP contribution is 2.18. The summed E-state index contributed by atoms with van der Waals surface area (Å²) < 4.78 is 0.